The summed E-state index contributed by atoms with van der Waals surface area (Å²) < 4.78 is 5.08. The molecular weight excluding hydrogens is 266 g/mol. The van der Waals surface area contributed by atoms with E-state index in [2.05, 4.69) is 5.32 Å². The van der Waals surface area contributed by atoms with Gasteiger partial charge in [-0.3, -0.25) is 4.79 Å². The Hall–Kier alpha value is -1.84. The summed E-state index contributed by atoms with van der Waals surface area (Å²) in [4.78, 5) is 23.7. The smallest absolute Gasteiger partial charge is 0.338 e. The van der Waals surface area contributed by atoms with Crippen molar-refractivity contribution in [3.63, 3.8) is 0 Å². The topological polar surface area (TPSA) is 55.4 Å². The first-order chi connectivity index (χ1) is 10.1. The van der Waals surface area contributed by atoms with Crippen LogP contribution in [-0.4, -0.2) is 24.5 Å². The highest BCUT2D eigenvalue weighted by molar-refractivity contribution is 5.91. The molecule has 4 heteroatoms. The van der Waals surface area contributed by atoms with Crippen molar-refractivity contribution >= 4 is 11.9 Å². The first-order valence-corrected chi connectivity index (χ1v) is 7.60. The molecule has 1 aromatic carbocycles. The van der Waals surface area contributed by atoms with Crippen molar-refractivity contribution in [2.75, 3.05) is 6.61 Å². The lowest BCUT2D eigenvalue weighted by molar-refractivity contribution is -0.125. The van der Waals surface area contributed by atoms with Gasteiger partial charge in [0.25, 0.3) is 5.91 Å². The van der Waals surface area contributed by atoms with Gasteiger partial charge in [-0.1, -0.05) is 25.3 Å². The number of benzene rings is 1. The average Bonchev–Trinajstić information content (AvgIpc) is 2.48. The maximum atomic E-state index is 11.9. The maximum absolute atomic E-state index is 11.9. The number of aryl methyl sites for hydroxylation is 2. The molecule has 0 spiro atoms. The van der Waals surface area contributed by atoms with Crippen LogP contribution in [0.2, 0.25) is 0 Å². The fourth-order valence-corrected chi connectivity index (χ4v) is 2.60. The fraction of sp³-hybridized carbons (Fsp3) is 0.529. The molecular formula is C17H23NO3. The molecule has 1 aromatic rings. The Labute approximate surface area is 125 Å². The van der Waals surface area contributed by atoms with Crippen LogP contribution < -0.4 is 5.32 Å². The van der Waals surface area contributed by atoms with E-state index in [-0.39, 0.29) is 18.6 Å². The maximum Gasteiger partial charge on any atom is 0.338 e. The van der Waals surface area contributed by atoms with E-state index in [1.807, 2.05) is 19.9 Å². The van der Waals surface area contributed by atoms with E-state index in [0.717, 1.165) is 36.8 Å². The highest BCUT2D eigenvalue weighted by Crippen LogP contribution is 2.17. The molecule has 1 aliphatic rings. The van der Waals surface area contributed by atoms with Gasteiger partial charge in [0.2, 0.25) is 0 Å². The molecule has 0 radical (unpaired) electrons. The largest absolute Gasteiger partial charge is 0.452 e. The van der Waals surface area contributed by atoms with E-state index in [4.69, 9.17) is 4.74 Å². The summed E-state index contributed by atoms with van der Waals surface area (Å²) in [6, 6.07) is 5.64. The highest BCUT2D eigenvalue weighted by atomic mass is 16.5. The molecule has 2 rings (SSSR count). The van der Waals surface area contributed by atoms with Crippen LogP contribution in [-0.2, 0) is 9.53 Å². The predicted molar refractivity (Wildman–Crippen MR) is 81.2 cm³/mol. The summed E-state index contributed by atoms with van der Waals surface area (Å²) in [5, 5.41) is 2.93. The number of carbonyl (C=O) groups is 2. The van der Waals surface area contributed by atoms with Gasteiger partial charge in [-0.25, -0.2) is 4.79 Å². The first-order valence-electron chi connectivity index (χ1n) is 7.60. The zero-order valence-electron chi connectivity index (χ0n) is 12.8. The zero-order valence-corrected chi connectivity index (χ0v) is 12.8. The second-order valence-corrected chi connectivity index (χ2v) is 5.78. The van der Waals surface area contributed by atoms with Gasteiger partial charge in [0.1, 0.15) is 0 Å². The van der Waals surface area contributed by atoms with E-state index in [1.165, 1.54) is 6.42 Å². The molecule has 0 atom stereocenters. The Morgan fingerprint density at radius 2 is 1.86 bits per heavy atom. The van der Waals surface area contributed by atoms with Gasteiger partial charge in [0.15, 0.2) is 6.61 Å². The van der Waals surface area contributed by atoms with E-state index < -0.39 is 5.97 Å². The molecule has 1 saturated carbocycles. The summed E-state index contributed by atoms with van der Waals surface area (Å²) in [5.41, 5.74) is 2.65. The Kier molecular flexibility index (Phi) is 5.37. The van der Waals surface area contributed by atoms with Gasteiger partial charge in [-0.15, -0.1) is 0 Å². The predicted octanol–water partition coefficient (Wildman–Crippen LogP) is 2.91. The third-order valence-corrected chi connectivity index (χ3v) is 4.05. The van der Waals surface area contributed by atoms with Gasteiger partial charge in [-0.05, 0) is 49.9 Å². The Balaban J connectivity index is 1.80. The van der Waals surface area contributed by atoms with E-state index in [1.54, 1.807) is 12.1 Å². The third-order valence-electron chi connectivity index (χ3n) is 4.05. The molecule has 0 heterocycles. The van der Waals surface area contributed by atoms with Crippen LogP contribution in [0.4, 0.5) is 0 Å². The van der Waals surface area contributed by atoms with Crippen molar-refractivity contribution in [1.82, 2.24) is 5.32 Å². The van der Waals surface area contributed by atoms with Crippen molar-refractivity contribution in [3.05, 3.63) is 34.9 Å². The first kappa shape index (κ1) is 15.5. The van der Waals surface area contributed by atoms with Crippen LogP contribution in [0.15, 0.2) is 18.2 Å². The summed E-state index contributed by atoms with van der Waals surface area (Å²) in [6.07, 6.45) is 5.61. The van der Waals surface area contributed by atoms with Crippen LogP contribution in [0, 0.1) is 13.8 Å². The van der Waals surface area contributed by atoms with Crippen LogP contribution in [0.1, 0.15) is 53.6 Å². The van der Waals surface area contributed by atoms with Crippen molar-refractivity contribution < 1.29 is 14.3 Å². The lowest BCUT2D eigenvalue weighted by atomic mass is 9.95. The molecule has 0 saturated heterocycles. The van der Waals surface area contributed by atoms with Crippen molar-refractivity contribution in [3.8, 4) is 0 Å². The Morgan fingerprint density at radius 1 is 1.14 bits per heavy atom. The summed E-state index contributed by atoms with van der Waals surface area (Å²) in [5.74, 6) is -0.657. The van der Waals surface area contributed by atoms with E-state index >= 15 is 0 Å². The molecule has 1 fully saturated rings. The number of rotatable bonds is 4. The minimum atomic E-state index is -0.447. The highest BCUT2D eigenvalue weighted by Gasteiger charge is 2.17. The Bertz CT molecular complexity index is 519. The van der Waals surface area contributed by atoms with Gasteiger partial charge >= 0.3 is 5.97 Å². The molecule has 4 nitrogen and oxygen atoms in total. The van der Waals surface area contributed by atoms with Crippen molar-refractivity contribution in [2.45, 2.75) is 52.0 Å². The third kappa shape index (κ3) is 4.59. The van der Waals surface area contributed by atoms with E-state index in [9.17, 15) is 9.59 Å². The van der Waals surface area contributed by atoms with Crippen molar-refractivity contribution in [2.24, 2.45) is 0 Å². The normalized spacial score (nSPS) is 15.5. The second kappa shape index (κ2) is 7.25. The van der Waals surface area contributed by atoms with E-state index in [0.29, 0.717) is 5.56 Å². The fourth-order valence-electron chi connectivity index (χ4n) is 2.60. The average molecular weight is 289 g/mol. The lowest BCUT2D eigenvalue weighted by Crippen LogP contribution is -2.38. The van der Waals surface area contributed by atoms with Gasteiger partial charge in [0, 0.05) is 6.04 Å². The van der Waals surface area contributed by atoms with Crippen LogP contribution in [0.5, 0.6) is 0 Å². The zero-order chi connectivity index (χ0) is 15.2. The molecule has 114 valence electrons. The standard InChI is InChI=1S/C17H23NO3/c1-12-8-9-14(10-13(12)2)17(20)21-11-16(19)18-15-6-4-3-5-7-15/h8-10,15H,3-7,11H2,1-2H3,(H,18,19). The minimum Gasteiger partial charge on any atom is -0.452 e. The number of hydrogen-bond acceptors (Lipinski definition) is 3. The monoisotopic (exact) mass is 289 g/mol. The van der Waals surface area contributed by atoms with Gasteiger partial charge in [-0.2, -0.15) is 0 Å². The molecule has 0 aliphatic heterocycles. The molecule has 1 aliphatic carbocycles. The van der Waals surface area contributed by atoms with Crippen LogP contribution in [0.3, 0.4) is 0 Å². The lowest BCUT2D eigenvalue weighted by Gasteiger charge is -2.22. The second-order valence-electron chi connectivity index (χ2n) is 5.78. The number of esters is 1. The van der Waals surface area contributed by atoms with Gasteiger partial charge < -0.3 is 10.1 Å². The molecule has 0 unspecified atom stereocenters. The molecule has 1 N–H and O–H groups in total. The number of nitrogens with one attached hydrogen (secondary N) is 1. The molecule has 0 aromatic heterocycles. The molecule has 1 amide bonds. The number of hydrogen-bond donors (Lipinski definition) is 1. The number of carbonyl (C=O) groups excluding carboxylic acids is 2. The summed E-state index contributed by atoms with van der Waals surface area (Å²) in [6.45, 7) is 3.73. The number of ether oxygens (including phenoxy) is 1. The minimum absolute atomic E-state index is 0.206. The summed E-state index contributed by atoms with van der Waals surface area (Å²) >= 11 is 0. The van der Waals surface area contributed by atoms with Crippen LogP contribution in [0.25, 0.3) is 0 Å². The van der Waals surface area contributed by atoms with Crippen LogP contribution >= 0.6 is 0 Å². The Morgan fingerprint density at radius 3 is 2.52 bits per heavy atom. The summed E-state index contributed by atoms with van der Waals surface area (Å²) in [7, 11) is 0. The van der Waals surface area contributed by atoms with Crippen molar-refractivity contribution in [1.29, 1.82) is 0 Å². The quantitative estimate of drug-likeness (QED) is 0.867. The van der Waals surface area contributed by atoms with Gasteiger partial charge in [0.05, 0.1) is 5.56 Å². The number of amides is 1. The molecule has 0 bridgehead atoms. The SMILES string of the molecule is Cc1ccc(C(=O)OCC(=O)NC2CCCCC2)cc1C. The molecule has 21 heavy (non-hydrogen) atoms.